The van der Waals surface area contributed by atoms with E-state index >= 15 is 0 Å². The molecule has 0 radical (unpaired) electrons. The van der Waals surface area contributed by atoms with E-state index < -0.39 is 76.1 Å². The number of benzene rings is 1. The molecule has 0 aromatic heterocycles. The first-order valence-electron chi connectivity index (χ1n) is 9.93. The van der Waals surface area contributed by atoms with E-state index in [4.69, 9.17) is 21.4 Å². The van der Waals surface area contributed by atoms with Crippen molar-refractivity contribution in [1.82, 2.24) is 21.3 Å². The number of alkyl carbamates (subject to hydrolysis) is 1. The first-order valence-corrected chi connectivity index (χ1v) is 12.2. The van der Waals surface area contributed by atoms with E-state index in [2.05, 4.69) is 21.3 Å². The van der Waals surface area contributed by atoms with Crippen molar-refractivity contribution in [3.63, 3.8) is 0 Å². The molecule has 0 spiro atoms. The number of ether oxygens (including phenoxy) is 1. The Morgan fingerprint density at radius 3 is 2.06 bits per heavy atom. The second-order valence-corrected chi connectivity index (χ2v) is 9.60. The molecule has 0 saturated carbocycles. The van der Waals surface area contributed by atoms with Gasteiger partial charge in [-0.3, -0.25) is 19.2 Å². The van der Waals surface area contributed by atoms with Gasteiger partial charge in [-0.15, -0.1) is 0 Å². The number of halogens is 1. The molecule has 0 heterocycles. The van der Waals surface area contributed by atoms with Gasteiger partial charge < -0.3 is 31.1 Å². The van der Waals surface area contributed by atoms with Gasteiger partial charge in [-0.05, 0) is 11.6 Å². The zero-order valence-electron chi connectivity index (χ0n) is 18.6. The number of carbonyl (C=O) groups is 5. The number of carboxylic acid groups (broad SMARTS) is 1. The maximum Gasteiger partial charge on any atom is 0.407 e. The topological polar surface area (TPSA) is 197 Å². The molecule has 1 rings (SSSR count). The molecular formula is C20H25ClN4O9S. The van der Waals surface area contributed by atoms with Crippen molar-refractivity contribution in [2.45, 2.75) is 19.1 Å². The average molecular weight is 533 g/mol. The van der Waals surface area contributed by atoms with Crippen LogP contribution >= 0.6 is 11.6 Å². The summed E-state index contributed by atoms with van der Waals surface area (Å²) in [5.41, 5.74) is 0.761. The summed E-state index contributed by atoms with van der Waals surface area (Å²) in [5, 5.41) is 17.7. The number of hydrogen-bond acceptors (Lipinski definition) is 8. The van der Waals surface area contributed by atoms with Crippen LogP contribution in [-0.2, 0) is 40.4 Å². The number of nitrogens with one attached hydrogen (secondary N) is 4. The van der Waals surface area contributed by atoms with Crippen molar-refractivity contribution in [2.24, 2.45) is 0 Å². The lowest BCUT2D eigenvalue weighted by Crippen LogP contribution is -2.46. The van der Waals surface area contributed by atoms with E-state index in [0.717, 1.165) is 17.9 Å². The molecule has 1 aromatic carbocycles. The van der Waals surface area contributed by atoms with Gasteiger partial charge in [-0.25, -0.2) is 13.2 Å². The van der Waals surface area contributed by atoms with Crippen molar-refractivity contribution < 1.29 is 42.2 Å². The van der Waals surface area contributed by atoms with E-state index in [-0.39, 0.29) is 6.61 Å². The van der Waals surface area contributed by atoms with E-state index in [9.17, 15) is 32.4 Å². The summed E-state index contributed by atoms with van der Waals surface area (Å²) < 4.78 is 27.0. The van der Waals surface area contributed by atoms with Gasteiger partial charge in [-0.1, -0.05) is 41.9 Å². The first kappa shape index (κ1) is 29.4. The summed E-state index contributed by atoms with van der Waals surface area (Å²) in [5.74, 6) is -3.59. The minimum atomic E-state index is -3.80. The first-order chi connectivity index (χ1) is 16.4. The van der Waals surface area contributed by atoms with Crippen LogP contribution in [0.4, 0.5) is 4.79 Å². The summed E-state index contributed by atoms with van der Waals surface area (Å²) in [6.07, 6.45) is 0.194. The fraction of sp³-hybridized carbons (Fsp3) is 0.350. The molecule has 0 bridgehead atoms. The minimum Gasteiger partial charge on any atom is -0.481 e. The number of aliphatic carboxylic acids is 1. The van der Waals surface area contributed by atoms with Crippen molar-refractivity contribution in [3.05, 3.63) is 46.3 Å². The summed E-state index contributed by atoms with van der Waals surface area (Å²) in [4.78, 5) is 58.0. The standard InChI is InChI=1S/C20H25ClN4O9S/c1-35(32,33)15(21)7-14(8-19(29)30)25-18(28)11-23-16(26)9-22-17(27)10-24-20(31)34-12-13-5-3-2-4-6-13/h2-7,14H,8-12H2,1H3,(H,22,27)(H,23,26)(H,24,31)(H,25,28)(H,29,30)/b15-7+/t14-/m1/s1. The highest BCUT2D eigenvalue weighted by Gasteiger charge is 2.18. The molecule has 192 valence electrons. The van der Waals surface area contributed by atoms with Crippen molar-refractivity contribution in [2.75, 3.05) is 25.9 Å². The van der Waals surface area contributed by atoms with Crippen LogP contribution in [0.15, 0.2) is 40.8 Å². The van der Waals surface area contributed by atoms with Crippen LogP contribution in [0.3, 0.4) is 0 Å². The predicted octanol–water partition coefficient (Wildman–Crippen LogP) is -0.770. The quantitative estimate of drug-likeness (QED) is 0.216. The lowest BCUT2D eigenvalue weighted by atomic mass is 10.2. The van der Waals surface area contributed by atoms with Crippen molar-refractivity contribution >= 4 is 51.2 Å². The van der Waals surface area contributed by atoms with E-state index in [1.54, 1.807) is 24.3 Å². The Balaban J connectivity index is 2.35. The highest BCUT2D eigenvalue weighted by molar-refractivity contribution is 7.96. The van der Waals surface area contributed by atoms with Gasteiger partial charge in [0.2, 0.25) is 17.7 Å². The number of carbonyl (C=O) groups excluding carboxylic acids is 4. The molecule has 35 heavy (non-hydrogen) atoms. The minimum absolute atomic E-state index is 0.0162. The fourth-order valence-corrected chi connectivity index (χ4v) is 2.85. The Bertz CT molecular complexity index is 1060. The number of carboxylic acids is 1. The summed E-state index contributed by atoms with van der Waals surface area (Å²) >= 11 is 5.59. The molecule has 0 fully saturated rings. The average Bonchev–Trinajstić information content (AvgIpc) is 2.78. The highest BCUT2D eigenvalue weighted by Crippen LogP contribution is 2.12. The lowest BCUT2D eigenvalue weighted by molar-refractivity contribution is -0.137. The highest BCUT2D eigenvalue weighted by atomic mass is 35.5. The van der Waals surface area contributed by atoms with Gasteiger partial charge in [0.1, 0.15) is 17.5 Å². The SMILES string of the molecule is CS(=O)(=O)/C(Cl)=C/[C@H](CC(=O)O)NC(=O)CNC(=O)CNC(=O)CNC(=O)OCc1ccccc1. The van der Waals surface area contributed by atoms with Crippen LogP contribution < -0.4 is 21.3 Å². The molecular weight excluding hydrogens is 508 g/mol. The van der Waals surface area contributed by atoms with Crippen LogP contribution in [0.5, 0.6) is 0 Å². The Hall–Kier alpha value is -3.65. The largest absolute Gasteiger partial charge is 0.481 e. The third kappa shape index (κ3) is 13.6. The number of rotatable bonds is 13. The maximum absolute atomic E-state index is 12.0. The molecule has 1 atom stereocenters. The zero-order chi connectivity index (χ0) is 26.4. The second kappa shape index (κ2) is 14.6. The molecule has 0 aliphatic carbocycles. The lowest BCUT2D eigenvalue weighted by Gasteiger charge is -2.14. The second-order valence-electron chi connectivity index (χ2n) is 6.98. The molecule has 0 unspecified atom stereocenters. The Morgan fingerprint density at radius 1 is 0.971 bits per heavy atom. The van der Waals surface area contributed by atoms with Gasteiger partial charge in [0, 0.05) is 6.26 Å². The third-order valence-corrected chi connectivity index (χ3v) is 5.74. The summed E-state index contributed by atoms with van der Waals surface area (Å²) in [7, 11) is -3.80. The van der Waals surface area contributed by atoms with Gasteiger partial charge in [0.15, 0.2) is 9.84 Å². The Labute approximate surface area is 206 Å². The fourth-order valence-electron chi connectivity index (χ4n) is 2.29. The van der Waals surface area contributed by atoms with Crippen LogP contribution in [-0.4, -0.2) is 75.2 Å². The van der Waals surface area contributed by atoms with E-state index in [1.165, 1.54) is 0 Å². The smallest absolute Gasteiger partial charge is 0.407 e. The number of amides is 4. The van der Waals surface area contributed by atoms with Gasteiger partial charge in [-0.2, -0.15) is 0 Å². The van der Waals surface area contributed by atoms with Crippen LogP contribution in [0, 0.1) is 0 Å². The zero-order valence-corrected chi connectivity index (χ0v) is 20.1. The van der Waals surface area contributed by atoms with Crippen LogP contribution in [0.25, 0.3) is 0 Å². The Morgan fingerprint density at radius 2 is 1.51 bits per heavy atom. The molecule has 1 aromatic rings. The van der Waals surface area contributed by atoms with Gasteiger partial charge in [0.05, 0.1) is 25.6 Å². The van der Waals surface area contributed by atoms with E-state index in [0.29, 0.717) is 0 Å². The Kier molecular flexibility index (Phi) is 12.2. The molecule has 0 aliphatic rings. The predicted molar refractivity (Wildman–Crippen MR) is 124 cm³/mol. The van der Waals surface area contributed by atoms with Crippen LogP contribution in [0.2, 0.25) is 0 Å². The van der Waals surface area contributed by atoms with Crippen molar-refractivity contribution in [1.29, 1.82) is 0 Å². The molecule has 0 saturated heterocycles. The number of hydrogen-bond donors (Lipinski definition) is 5. The number of sulfone groups is 1. The maximum atomic E-state index is 12.0. The van der Waals surface area contributed by atoms with Gasteiger partial charge in [0.25, 0.3) is 0 Å². The third-order valence-electron chi connectivity index (χ3n) is 3.93. The summed E-state index contributed by atoms with van der Waals surface area (Å²) in [6, 6.07) is 7.63. The normalized spacial score (nSPS) is 12.1. The van der Waals surface area contributed by atoms with Crippen LogP contribution in [0.1, 0.15) is 12.0 Å². The monoisotopic (exact) mass is 532 g/mol. The molecule has 15 heteroatoms. The van der Waals surface area contributed by atoms with Gasteiger partial charge >= 0.3 is 12.1 Å². The molecule has 0 aliphatic heterocycles. The molecule has 13 nitrogen and oxygen atoms in total. The van der Waals surface area contributed by atoms with E-state index in [1.807, 2.05) is 6.07 Å². The van der Waals surface area contributed by atoms with Crippen molar-refractivity contribution in [3.8, 4) is 0 Å². The molecule has 4 amide bonds. The summed E-state index contributed by atoms with van der Waals surface area (Å²) in [6.45, 7) is -1.53. The molecule has 5 N–H and O–H groups in total.